The van der Waals surface area contributed by atoms with E-state index in [9.17, 15) is 4.79 Å². The number of aromatic nitrogens is 2. The van der Waals surface area contributed by atoms with Crippen LogP contribution in [0.4, 0.5) is 5.69 Å². The molecule has 1 aromatic heterocycles. The van der Waals surface area contributed by atoms with Gasteiger partial charge in [0.1, 0.15) is 0 Å². The predicted octanol–water partition coefficient (Wildman–Crippen LogP) is 2.85. The van der Waals surface area contributed by atoms with Crippen molar-refractivity contribution < 1.29 is 9.53 Å². The molecule has 1 aliphatic heterocycles. The maximum absolute atomic E-state index is 12.6. The lowest BCUT2D eigenvalue weighted by Gasteiger charge is -2.34. The summed E-state index contributed by atoms with van der Waals surface area (Å²) in [5.74, 6) is -0.0130. The van der Waals surface area contributed by atoms with Crippen molar-refractivity contribution >= 4 is 11.6 Å². The molecule has 2 heterocycles. The molecule has 1 saturated heterocycles. The number of anilines is 1. The zero-order valence-corrected chi connectivity index (χ0v) is 16.2. The van der Waals surface area contributed by atoms with Gasteiger partial charge < -0.3 is 10.1 Å². The summed E-state index contributed by atoms with van der Waals surface area (Å²) >= 11 is 0. The number of morpholine rings is 1. The van der Waals surface area contributed by atoms with E-state index in [1.165, 1.54) is 5.56 Å². The summed E-state index contributed by atoms with van der Waals surface area (Å²) in [5.41, 5.74) is 4.75. The molecule has 6 nitrogen and oxygen atoms in total. The van der Waals surface area contributed by atoms with Crippen LogP contribution in [0.3, 0.4) is 0 Å². The van der Waals surface area contributed by atoms with Gasteiger partial charge in [-0.2, -0.15) is 5.10 Å². The molecule has 3 rings (SSSR count). The molecule has 0 saturated carbocycles. The summed E-state index contributed by atoms with van der Waals surface area (Å²) in [6, 6.07) is 8.20. The minimum atomic E-state index is -0.0130. The minimum Gasteiger partial charge on any atom is -0.373 e. The second-order valence-electron chi connectivity index (χ2n) is 7.29. The lowest BCUT2D eigenvalue weighted by molar-refractivity contribution is -0.121. The quantitative estimate of drug-likeness (QED) is 0.915. The second kappa shape index (κ2) is 7.60. The summed E-state index contributed by atoms with van der Waals surface area (Å²) < 4.78 is 7.61. The molecule has 140 valence electrons. The van der Waals surface area contributed by atoms with Crippen molar-refractivity contribution in [1.29, 1.82) is 0 Å². The highest BCUT2D eigenvalue weighted by molar-refractivity contribution is 5.93. The van der Waals surface area contributed by atoms with E-state index < -0.39 is 0 Å². The zero-order chi connectivity index (χ0) is 18.8. The highest BCUT2D eigenvalue weighted by atomic mass is 16.5. The molecule has 1 amide bonds. The number of amides is 1. The van der Waals surface area contributed by atoms with E-state index in [1.807, 2.05) is 44.5 Å². The van der Waals surface area contributed by atoms with E-state index in [0.717, 1.165) is 35.9 Å². The average molecular weight is 356 g/mol. The van der Waals surface area contributed by atoms with Crippen molar-refractivity contribution in [2.75, 3.05) is 25.0 Å². The molecular weight excluding hydrogens is 328 g/mol. The maximum atomic E-state index is 12.6. The maximum Gasteiger partial charge on any atom is 0.238 e. The fourth-order valence-electron chi connectivity index (χ4n) is 3.56. The normalized spacial score (nSPS) is 21.0. The van der Waals surface area contributed by atoms with E-state index in [4.69, 9.17) is 4.74 Å². The Morgan fingerprint density at radius 2 is 1.77 bits per heavy atom. The Kier molecular flexibility index (Phi) is 5.44. The van der Waals surface area contributed by atoms with Crippen molar-refractivity contribution in [1.82, 2.24) is 14.7 Å². The van der Waals surface area contributed by atoms with Crippen LogP contribution >= 0.6 is 0 Å². The van der Waals surface area contributed by atoms with Gasteiger partial charge in [0.05, 0.1) is 41.5 Å². The van der Waals surface area contributed by atoms with Crippen molar-refractivity contribution in [2.45, 2.75) is 46.8 Å². The largest absolute Gasteiger partial charge is 0.373 e. The van der Waals surface area contributed by atoms with Crippen LogP contribution in [-0.4, -0.2) is 52.4 Å². The number of benzene rings is 1. The van der Waals surface area contributed by atoms with E-state index in [1.54, 1.807) is 0 Å². The van der Waals surface area contributed by atoms with Gasteiger partial charge >= 0.3 is 0 Å². The number of carbonyl (C=O) groups is 1. The average Bonchev–Trinajstić information content (AvgIpc) is 2.83. The highest BCUT2D eigenvalue weighted by Gasteiger charge is 2.24. The van der Waals surface area contributed by atoms with Crippen LogP contribution in [0, 0.1) is 20.8 Å². The van der Waals surface area contributed by atoms with Crippen LogP contribution in [-0.2, 0) is 9.53 Å². The zero-order valence-electron chi connectivity index (χ0n) is 16.2. The van der Waals surface area contributed by atoms with Crippen LogP contribution in [0.15, 0.2) is 24.3 Å². The monoisotopic (exact) mass is 356 g/mol. The molecule has 1 fully saturated rings. The number of carbonyl (C=O) groups excluding carboxylic acids is 1. The lowest BCUT2D eigenvalue weighted by atomic mass is 10.2. The summed E-state index contributed by atoms with van der Waals surface area (Å²) in [6.45, 7) is 12.0. The Morgan fingerprint density at radius 1 is 1.15 bits per heavy atom. The van der Waals surface area contributed by atoms with E-state index in [0.29, 0.717) is 6.54 Å². The number of nitrogens with one attached hydrogen (secondary N) is 1. The number of rotatable bonds is 4. The molecule has 26 heavy (non-hydrogen) atoms. The van der Waals surface area contributed by atoms with Crippen LogP contribution < -0.4 is 5.32 Å². The van der Waals surface area contributed by atoms with Gasteiger partial charge in [-0.1, -0.05) is 17.7 Å². The molecule has 1 aromatic carbocycles. The van der Waals surface area contributed by atoms with Crippen molar-refractivity contribution in [2.24, 2.45) is 0 Å². The van der Waals surface area contributed by atoms with Crippen LogP contribution in [0.1, 0.15) is 30.8 Å². The Balaban J connectivity index is 1.71. The molecule has 1 aliphatic rings. The second-order valence-corrected chi connectivity index (χ2v) is 7.29. The molecule has 0 spiro atoms. The molecule has 6 heteroatoms. The molecule has 2 aromatic rings. The topological polar surface area (TPSA) is 59.4 Å². The molecule has 1 N–H and O–H groups in total. The Labute approximate surface area is 155 Å². The first-order chi connectivity index (χ1) is 12.3. The Hall–Kier alpha value is -2.18. The summed E-state index contributed by atoms with van der Waals surface area (Å²) in [5, 5.41) is 7.65. The van der Waals surface area contributed by atoms with Crippen LogP contribution in [0.25, 0.3) is 5.69 Å². The van der Waals surface area contributed by atoms with Crippen LogP contribution in [0.5, 0.6) is 0 Å². The minimum absolute atomic E-state index is 0.0130. The molecule has 0 bridgehead atoms. The fourth-order valence-corrected chi connectivity index (χ4v) is 3.56. The van der Waals surface area contributed by atoms with Crippen molar-refractivity contribution in [3.63, 3.8) is 0 Å². The third-order valence-corrected chi connectivity index (χ3v) is 4.70. The highest BCUT2D eigenvalue weighted by Crippen LogP contribution is 2.23. The molecular formula is C20H28N4O2. The summed E-state index contributed by atoms with van der Waals surface area (Å²) in [6.07, 6.45) is 0.304. The number of aryl methyl sites for hydroxylation is 2. The standard InChI is InChI=1S/C20H28N4O2/c1-13-6-8-18(9-7-13)24-17(5)20(16(4)22-24)21-19(25)12-23-10-14(2)26-15(3)11-23/h6-9,14-15H,10-12H2,1-5H3,(H,21,25)/t14-,15-/m1/s1. The first kappa shape index (κ1) is 18.6. The third kappa shape index (κ3) is 4.14. The van der Waals surface area contributed by atoms with Gasteiger partial charge in [-0.15, -0.1) is 0 Å². The first-order valence-corrected chi connectivity index (χ1v) is 9.14. The smallest absolute Gasteiger partial charge is 0.238 e. The predicted molar refractivity (Wildman–Crippen MR) is 103 cm³/mol. The van der Waals surface area contributed by atoms with Gasteiger partial charge in [0, 0.05) is 13.1 Å². The Bertz CT molecular complexity index is 772. The van der Waals surface area contributed by atoms with Crippen molar-refractivity contribution in [3.05, 3.63) is 41.2 Å². The lowest BCUT2D eigenvalue weighted by Crippen LogP contribution is -2.48. The fraction of sp³-hybridized carbons (Fsp3) is 0.500. The number of ether oxygens (including phenoxy) is 1. The van der Waals surface area contributed by atoms with Gasteiger partial charge in [-0.05, 0) is 46.8 Å². The van der Waals surface area contributed by atoms with Gasteiger partial charge in [-0.3, -0.25) is 9.69 Å². The number of hydrogen-bond donors (Lipinski definition) is 1. The molecule has 0 aliphatic carbocycles. The van der Waals surface area contributed by atoms with Gasteiger partial charge in [0.15, 0.2) is 0 Å². The van der Waals surface area contributed by atoms with E-state index >= 15 is 0 Å². The first-order valence-electron chi connectivity index (χ1n) is 9.14. The number of nitrogens with zero attached hydrogens (tertiary/aromatic N) is 3. The van der Waals surface area contributed by atoms with E-state index in [2.05, 4.69) is 34.4 Å². The Morgan fingerprint density at radius 3 is 2.38 bits per heavy atom. The van der Waals surface area contributed by atoms with Gasteiger partial charge in [0.2, 0.25) is 5.91 Å². The molecule has 2 atom stereocenters. The third-order valence-electron chi connectivity index (χ3n) is 4.70. The van der Waals surface area contributed by atoms with Crippen LogP contribution in [0.2, 0.25) is 0 Å². The van der Waals surface area contributed by atoms with E-state index in [-0.39, 0.29) is 18.1 Å². The summed E-state index contributed by atoms with van der Waals surface area (Å²) in [4.78, 5) is 14.7. The van der Waals surface area contributed by atoms with Crippen molar-refractivity contribution in [3.8, 4) is 5.69 Å². The van der Waals surface area contributed by atoms with Gasteiger partial charge in [-0.25, -0.2) is 4.68 Å². The molecule has 0 radical (unpaired) electrons. The molecule has 0 unspecified atom stereocenters. The number of hydrogen-bond acceptors (Lipinski definition) is 4. The van der Waals surface area contributed by atoms with Gasteiger partial charge in [0.25, 0.3) is 0 Å². The SMILES string of the molecule is Cc1ccc(-n2nc(C)c(NC(=O)CN3C[C@@H](C)O[C@H](C)C3)c2C)cc1. The summed E-state index contributed by atoms with van der Waals surface area (Å²) in [7, 11) is 0.